The monoisotopic (exact) mass is 362 g/mol. The smallest absolute Gasteiger partial charge is 0.389 e. The molecule has 1 fully saturated rings. The first-order chi connectivity index (χ1) is 10.8. The molecule has 7 heteroatoms. The first-order valence-electron chi connectivity index (χ1n) is 7.79. The Balaban J connectivity index is 2.22. The van der Waals surface area contributed by atoms with E-state index >= 15 is 0 Å². The predicted molar refractivity (Wildman–Crippen MR) is 97.4 cm³/mol. The van der Waals surface area contributed by atoms with Gasteiger partial charge >= 0.3 is 25.7 Å². The maximum atomic E-state index is 10.8. The van der Waals surface area contributed by atoms with Crippen LogP contribution >= 0.6 is 0 Å². The van der Waals surface area contributed by atoms with Gasteiger partial charge in [-0.1, -0.05) is 60.7 Å². The van der Waals surface area contributed by atoms with Crippen molar-refractivity contribution in [2.24, 2.45) is 0 Å². The molecular weight excluding hydrogens is 340 g/mol. The van der Waals surface area contributed by atoms with Crippen LogP contribution in [0.1, 0.15) is 0 Å². The standard InChI is InChI=1S/C16H22O4Si3/c1-21(17)13-14-22(2,18)20-23(19-21,15-9-5-3-6-10-15)16-11-7-4-8-12-16/h3-12,17-18H,13-14H2,1-2H3. The van der Waals surface area contributed by atoms with Crippen molar-refractivity contribution in [2.75, 3.05) is 0 Å². The van der Waals surface area contributed by atoms with E-state index in [9.17, 15) is 9.59 Å². The largest absolute Gasteiger partial charge is 0.411 e. The Morgan fingerprint density at radius 2 is 1.04 bits per heavy atom. The second kappa shape index (κ2) is 6.10. The molecule has 0 amide bonds. The van der Waals surface area contributed by atoms with Gasteiger partial charge in [0.25, 0.3) is 0 Å². The van der Waals surface area contributed by atoms with Crippen molar-refractivity contribution in [2.45, 2.75) is 25.2 Å². The highest BCUT2D eigenvalue weighted by atomic mass is 28.5. The van der Waals surface area contributed by atoms with E-state index in [2.05, 4.69) is 0 Å². The molecule has 0 spiro atoms. The van der Waals surface area contributed by atoms with Gasteiger partial charge in [-0.05, 0) is 35.6 Å². The van der Waals surface area contributed by atoms with Crippen molar-refractivity contribution >= 4 is 36.1 Å². The topological polar surface area (TPSA) is 58.9 Å². The van der Waals surface area contributed by atoms with E-state index < -0.39 is 25.7 Å². The highest BCUT2D eigenvalue weighted by Crippen LogP contribution is 2.30. The molecule has 4 nitrogen and oxygen atoms in total. The van der Waals surface area contributed by atoms with Crippen molar-refractivity contribution < 1.29 is 17.8 Å². The van der Waals surface area contributed by atoms with Crippen molar-refractivity contribution in [3.8, 4) is 0 Å². The summed E-state index contributed by atoms with van der Waals surface area (Å²) in [6.07, 6.45) is 0. The molecule has 0 saturated carbocycles. The van der Waals surface area contributed by atoms with Crippen LogP contribution < -0.4 is 10.4 Å². The zero-order chi connectivity index (χ0) is 16.6. The summed E-state index contributed by atoms with van der Waals surface area (Å²) in [5.41, 5.74) is 0. The van der Waals surface area contributed by atoms with Gasteiger partial charge in [0.2, 0.25) is 0 Å². The normalized spacial score (nSPS) is 30.6. The van der Waals surface area contributed by atoms with Gasteiger partial charge in [0.1, 0.15) is 0 Å². The highest BCUT2D eigenvalue weighted by Gasteiger charge is 2.55. The van der Waals surface area contributed by atoms with Gasteiger partial charge < -0.3 is 17.8 Å². The van der Waals surface area contributed by atoms with Crippen LogP contribution in [-0.4, -0.2) is 35.3 Å². The molecule has 1 saturated heterocycles. The fourth-order valence-corrected chi connectivity index (χ4v) is 16.4. The van der Waals surface area contributed by atoms with Crippen molar-refractivity contribution in [1.82, 2.24) is 0 Å². The van der Waals surface area contributed by atoms with Gasteiger partial charge in [0.05, 0.1) is 0 Å². The summed E-state index contributed by atoms with van der Waals surface area (Å²) in [6, 6.07) is 20.5. The van der Waals surface area contributed by atoms with Gasteiger partial charge in [-0.3, -0.25) is 0 Å². The Morgan fingerprint density at radius 1 is 0.696 bits per heavy atom. The van der Waals surface area contributed by atoms with Crippen LogP contribution in [0.2, 0.25) is 25.2 Å². The summed E-state index contributed by atoms with van der Waals surface area (Å²) in [6.45, 7) is 3.58. The quantitative estimate of drug-likeness (QED) is 0.793. The van der Waals surface area contributed by atoms with Crippen LogP contribution in [0.5, 0.6) is 0 Å². The fraction of sp³-hybridized carbons (Fsp3) is 0.250. The molecule has 23 heavy (non-hydrogen) atoms. The lowest BCUT2D eigenvalue weighted by Crippen LogP contribution is -2.69. The lowest BCUT2D eigenvalue weighted by atomic mass is 10.4. The highest BCUT2D eigenvalue weighted by molar-refractivity contribution is 7.02. The molecule has 3 rings (SSSR count). The lowest BCUT2D eigenvalue weighted by molar-refractivity contribution is 0.314. The summed E-state index contributed by atoms with van der Waals surface area (Å²) >= 11 is 0. The molecule has 2 unspecified atom stereocenters. The first-order valence-corrected chi connectivity index (χ1v) is 14.7. The minimum Gasteiger partial charge on any atom is -0.411 e. The zero-order valence-corrected chi connectivity index (χ0v) is 16.4. The summed E-state index contributed by atoms with van der Waals surface area (Å²) < 4.78 is 12.8. The zero-order valence-electron chi connectivity index (χ0n) is 13.4. The maximum Gasteiger partial charge on any atom is 0.389 e. The molecule has 1 aliphatic heterocycles. The van der Waals surface area contributed by atoms with Gasteiger partial charge in [0, 0.05) is 0 Å². The van der Waals surface area contributed by atoms with Crippen LogP contribution in [0.25, 0.3) is 0 Å². The van der Waals surface area contributed by atoms with E-state index in [1.807, 2.05) is 60.7 Å². The van der Waals surface area contributed by atoms with Gasteiger partial charge in [-0.15, -0.1) is 0 Å². The molecule has 0 aliphatic carbocycles. The number of hydrogen-bond donors (Lipinski definition) is 2. The third-order valence-electron chi connectivity index (χ3n) is 4.09. The maximum absolute atomic E-state index is 10.8. The van der Waals surface area contributed by atoms with Crippen LogP contribution in [0.15, 0.2) is 60.7 Å². The van der Waals surface area contributed by atoms with Crippen molar-refractivity contribution in [1.29, 1.82) is 0 Å². The first kappa shape index (κ1) is 16.8. The van der Waals surface area contributed by atoms with E-state index in [4.69, 9.17) is 8.23 Å². The number of rotatable bonds is 2. The molecule has 0 aromatic heterocycles. The van der Waals surface area contributed by atoms with Crippen LogP contribution in [-0.2, 0) is 8.23 Å². The summed E-state index contributed by atoms with van der Waals surface area (Å²) in [5, 5.41) is 1.85. The predicted octanol–water partition coefficient (Wildman–Crippen LogP) is 1.42. The van der Waals surface area contributed by atoms with Crippen molar-refractivity contribution in [3.05, 3.63) is 60.7 Å². The molecule has 0 bridgehead atoms. The minimum atomic E-state index is -3.13. The van der Waals surface area contributed by atoms with Crippen molar-refractivity contribution in [3.63, 3.8) is 0 Å². The van der Waals surface area contributed by atoms with Gasteiger partial charge in [-0.2, -0.15) is 0 Å². The van der Waals surface area contributed by atoms with E-state index in [1.54, 1.807) is 13.1 Å². The summed E-state index contributed by atoms with van der Waals surface area (Å²) in [4.78, 5) is 21.7. The minimum absolute atomic E-state index is 0.501. The van der Waals surface area contributed by atoms with E-state index in [0.717, 1.165) is 10.4 Å². The number of benzene rings is 2. The second-order valence-corrected chi connectivity index (χ2v) is 16.1. The summed E-state index contributed by atoms with van der Waals surface area (Å²) in [5.74, 6) is 0. The molecule has 2 aromatic rings. The Hall–Kier alpha value is -1.07. The van der Waals surface area contributed by atoms with Crippen LogP contribution in [0.3, 0.4) is 0 Å². The second-order valence-electron chi connectivity index (χ2n) is 6.40. The van der Waals surface area contributed by atoms with Crippen LogP contribution in [0, 0.1) is 0 Å². The lowest BCUT2D eigenvalue weighted by Gasteiger charge is -2.37. The Kier molecular flexibility index (Phi) is 4.45. The summed E-state index contributed by atoms with van der Waals surface area (Å²) in [7, 11) is -8.97. The Labute approximate surface area is 140 Å². The Bertz CT molecular complexity index is 602. The molecule has 2 N–H and O–H groups in total. The average Bonchev–Trinajstić information content (AvgIpc) is 2.64. The van der Waals surface area contributed by atoms with E-state index in [-0.39, 0.29) is 0 Å². The van der Waals surface area contributed by atoms with E-state index in [0.29, 0.717) is 12.1 Å². The third kappa shape index (κ3) is 3.56. The molecule has 0 radical (unpaired) electrons. The molecular formula is C16H22O4Si3. The molecule has 1 heterocycles. The fourth-order valence-electron chi connectivity index (χ4n) is 2.92. The SMILES string of the molecule is C[Si]1(O)CC[Si](C)(O)O[Si](c2ccccc2)(c2ccccc2)O1. The Morgan fingerprint density at radius 3 is 1.39 bits per heavy atom. The van der Waals surface area contributed by atoms with Gasteiger partial charge in [0.15, 0.2) is 0 Å². The average molecular weight is 363 g/mol. The van der Waals surface area contributed by atoms with E-state index in [1.165, 1.54) is 0 Å². The molecule has 1 aliphatic rings. The molecule has 2 atom stereocenters. The van der Waals surface area contributed by atoms with Crippen LogP contribution in [0.4, 0.5) is 0 Å². The molecule has 2 aromatic carbocycles. The third-order valence-corrected chi connectivity index (χ3v) is 14.9. The van der Waals surface area contributed by atoms with Gasteiger partial charge in [-0.25, -0.2) is 0 Å². The number of hydrogen-bond acceptors (Lipinski definition) is 4. The molecule has 122 valence electrons.